The summed E-state index contributed by atoms with van der Waals surface area (Å²) in [5, 5.41) is 14.6. The van der Waals surface area contributed by atoms with Gasteiger partial charge in [0.25, 0.3) is 0 Å². The summed E-state index contributed by atoms with van der Waals surface area (Å²) in [5.74, 6) is 0.952. The van der Waals surface area contributed by atoms with Crippen molar-refractivity contribution in [3.8, 4) is 12.3 Å². The van der Waals surface area contributed by atoms with Gasteiger partial charge in [0.15, 0.2) is 0 Å². The van der Waals surface area contributed by atoms with Gasteiger partial charge in [0, 0.05) is 11.8 Å². The number of hydrogen-bond acceptors (Lipinski definition) is 3. The molecular formula is C12H18N2O3. The van der Waals surface area contributed by atoms with Crippen molar-refractivity contribution in [2.75, 3.05) is 13.1 Å². The summed E-state index contributed by atoms with van der Waals surface area (Å²) in [7, 11) is 0. The molecule has 0 saturated carbocycles. The molecule has 1 aliphatic heterocycles. The Labute approximate surface area is 101 Å². The zero-order valence-electron chi connectivity index (χ0n) is 9.95. The fourth-order valence-electron chi connectivity index (χ4n) is 1.86. The maximum atomic E-state index is 12.0. The van der Waals surface area contributed by atoms with E-state index in [1.165, 1.54) is 0 Å². The van der Waals surface area contributed by atoms with E-state index in [0.29, 0.717) is 12.8 Å². The van der Waals surface area contributed by atoms with Crippen LogP contribution in [0.2, 0.25) is 0 Å². The van der Waals surface area contributed by atoms with Crippen molar-refractivity contribution in [1.29, 1.82) is 0 Å². The fourth-order valence-corrected chi connectivity index (χ4v) is 1.86. The lowest BCUT2D eigenvalue weighted by Crippen LogP contribution is -2.50. The Morgan fingerprint density at radius 2 is 2.12 bits per heavy atom. The lowest BCUT2D eigenvalue weighted by Gasteiger charge is -2.33. The molecule has 1 atom stereocenters. The Balaban J connectivity index is 2.63. The largest absolute Gasteiger partial charge is 0.480 e. The minimum absolute atomic E-state index is 0.00933. The highest BCUT2D eigenvalue weighted by Crippen LogP contribution is 2.28. The number of amides is 1. The minimum Gasteiger partial charge on any atom is -0.480 e. The van der Waals surface area contributed by atoms with Gasteiger partial charge in [0.2, 0.25) is 5.91 Å². The van der Waals surface area contributed by atoms with Crippen LogP contribution in [0.3, 0.4) is 0 Å². The number of hydrogen-bond donors (Lipinski definition) is 3. The molecule has 1 aliphatic rings. The highest BCUT2D eigenvalue weighted by Gasteiger charge is 2.36. The molecule has 1 heterocycles. The monoisotopic (exact) mass is 238 g/mol. The van der Waals surface area contributed by atoms with Crippen molar-refractivity contribution >= 4 is 11.9 Å². The molecule has 1 unspecified atom stereocenters. The lowest BCUT2D eigenvalue weighted by atomic mass is 9.80. The molecule has 0 bridgehead atoms. The maximum Gasteiger partial charge on any atom is 0.327 e. The smallest absolute Gasteiger partial charge is 0.327 e. The first-order valence-electron chi connectivity index (χ1n) is 5.67. The Hall–Kier alpha value is -1.54. The summed E-state index contributed by atoms with van der Waals surface area (Å²) in [6, 6.07) is -0.987. The highest BCUT2D eigenvalue weighted by molar-refractivity contribution is 5.87. The van der Waals surface area contributed by atoms with Crippen LogP contribution in [0, 0.1) is 17.8 Å². The molecule has 1 rings (SSSR count). The third kappa shape index (κ3) is 3.46. The molecule has 0 spiro atoms. The maximum absolute atomic E-state index is 12.0. The van der Waals surface area contributed by atoms with Crippen LogP contribution in [0.4, 0.5) is 0 Å². The molecule has 0 aromatic rings. The summed E-state index contributed by atoms with van der Waals surface area (Å²) < 4.78 is 0. The van der Waals surface area contributed by atoms with Crippen molar-refractivity contribution in [3.05, 3.63) is 0 Å². The van der Waals surface area contributed by atoms with Crippen molar-refractivity contribution in [2.24, 2.45) is 5.41 Å². The predicted molar refractivity (Wildman–Crippen MR) is 63.2 cm³/mol. The van der Waals surface area contributed by atoms with E-state index in [1.807, 2.05) is 6.92 Å². The Bertz CT molecular complexity index is 340. The summed E-state index contributed by atoms with van der Waals surface area (Å²) in [4.78, 5) is 22.9. The van der Waals surface area contributed by atoms with Gasteiger partial charge in [-0.2, -0.15) is 0 Å². The predicted octanol–water partition coefficient (Wildman–Crippen LogP) is -0.0312. The molecule has 3 N–H and O–H groups in total. The van der Waals surface area contributed by atoms with Crippen LogP contribution in [0.1, 0.15) is 26.2 Å². The molecule has 0 aromatic heterocycles. The second kappa shape index (κ2) is 5.69. The van der Waals surface area contributed by atoms with E-state index in [4.69, 9.17) is 11.5 Å². The van der Waals surface area contributed by atoms with Gasteiger partial charge in [-0.15, -0.1) is 12.3 Å². The quantitative estimate of drug-likeness (QED) is 0.601. The Kier molecular flexibility index (Phi) is 4.53. The first kappa shape index (κ1) is 13.5. The van der Waals surface area contributed by atoms with Crippen LogP contribution < -0.4 is 10.6 Å². The van der Waals surface area contributed by atoms with Gasteiger partial charge < -0.3 is 15.7 Å². The number of rotatable bonds is 4. The Morgan fingerprint density at radius 3 is 2.59 bits per heavy atom. The van der Waals surface area contributed by atoms with Crippen molar-refractivity contribution in [3.63, 3.8) is 0 Å². The zero-order valence-corrected chi connectivity index (χ0v) is 9.95. The second-order valence-electron chi connectivity index (χ2n) is 4.58. The van der Waals surface area contributed by atoms with Crippen LogP contribution in [-0.2, 0) is 9.59 Å². The van der Waals surface area contributed by atoms with Gasteiger partial charge in [-0.25, -0.2) is 4.79 Å². The van der Waals surface area contributed by atoms with Gasteiger partial charge in [-0.3, -0.25) is 4.79 Å². The van der Waals surface area contributed by atoms with Crippen molar-refractivity contribution in [2.45, 2.75) is 32.2 Å². The molecule has 0 aliphatic carbocycles. The zero-order chi connectivity index (χ0) is 12.9. The third-order valence-corrected chi connectivity index (χ3v) is 3.18. The van der Waals surface area contributed by atoms with Gasteiger partial charge in [0.05, 0.1) is 0 Å². The average Bonchev–Trinajstić information content (AvgIpc) is 2.29. The van der Waals surface area contributed by atoms with E-state index in [0.717, 1.165) is 13.1 Å². The number of carboxylic acids is 1. The molecule has 17 heavy (non-hydrogen) atoms. The summed E-state index contributed by atoms with van der Waals surface area (Å²) in [6.45, 7) is 3.41. The van der Waals surface area contributed by atoms with E-state index in [2.05, 4.69) is 16.6 Å². The van der Waals surface area contributed by atoms with Crippen LogP contribution >= 0.6 is 0 Å². The van der Waals surface area contributed by atoms with Crippen molar-refractivity contribution < 1.29 is 14.7 Å². The molecule has 0 radical (unpaired) electrons. The van der Waals surface area contributed by atoms with E-state index < -0.39 is 17.4 Å². The summed E-state index contributed by atoms with van der Waals surface area (Å²) in [6.07, 6.45) is 6.51. The number of terminal acetylenes is 1. The molecule has 0 aromatic carbocycles. The number of nitrogens with one attached hydrogen (secondary N) is 2. The van der Waals surface area contributed by atoms with E-state index in [-0.39, 0.29) is 12.3 Å². The summed E-state index contributed by atoms with van der Waals surface area (Å²) >= 11 is 0. The molecule has 94 valence electrons. The number of carboxylic acid groups (broad SMARTS) is 1. The number of piperidine rings is 1. The average molecular weight is 238 g/mol. The third-order valence-electron chi connectivity index (χ3n) is 3.18. The first-order chi connectivity index (χ1) is 7.99. The topological polar surface area (TPSA) is 78.4 Å². The number of aliphatic carboxylic acids is 1. The van der Waals surface area contributed by atoms with Crippen LogP contribution in [-0.4, -0.2) is 36.1 Å². The number of carbonyl (C=O) groups is 2. The first-order valence-corrected chi connectivity index (χ1v) is 5.67. The fraction of sp³-hybridized carbons (Fsp3) is 0.667. The molecule has 1 fully saturated rings. The van der Waals surface area contributed by atoms with Crippen LogP contribution in [0.25, 0.3) is 0 Å². The second-order valence-corrected chi connectivity index (χ2v) is 4.58. The molecule has 5 nitrogen and oxygen atoms in total. The van der Waals surface area contributed by atoms with Gasteiger partial charge in [-0.05, 0) is 25.9 Å². The molecular weight excluding hydrogens is 220 g/mol. The SMILES string of the molecule is C#CCC(NC(=O)C1(C)CCNCC1)C(=O)O. The van der Waals surface area contributed by atoms with Crippen molar-refractivity contribution in [1.82, 2.24) is 10.6 Å². The van der Waals surface area contributed by atoms with E-state index in [1.54, 1.807) is 0 Å². The van der Waals surface area contributed by atoms with Gasteiger partial charge in [-0.1, -0.05) is 6.92 Å². The molecule has 1 amide bonds. The Morgan fingerprint density at radius 1 is 1.53 bits per heavy atom. The molecule has 1 saturated heterocycles. The highest BCUT2D eigenvalue weighted by atomic mass is 16.4. The van der Waals surface area contributed by atoms with Gasteiger partial charge >= 0.3 is 5.97 Å². The lowest BCUT2D eigenvalue weighted by molar-refractivity contribution is -0.144. The van der Waals surface area contributed by atoms with E-state index in [9.17, 15) is 9.59 Å². The summed E-state index contributed by atoms with van der Waals surface area (Å²) in [5.41, 5.74) is -0.493. The normalized spacial score (nSPS) is 20.0. The van der Waals surface area contributed by atoms with Crippen LogP contribution in [0.15, 0.2) is 0 Å². The standard InChI is InChI=1S/C12H18N2O3/c1-3-4-9(10(15)16)14-11(17)12(2)5-7-13-8-6-12/h1,9,13H,4-8H2,2H3,(H,14,17)(H,15,16). The van der Waals surface area contributed by atoms with E-state index >= 15 is 0 Å². The number of carbonyl (C=O) groups excluding carboxylic acids is 1. The minimum atomic E-state index is -1.09. The molecule has 5 heteroatoms. The van der Waals surface area contributed by atoms with Crippen LogP contribution in [0.5, 0.6) is 0 Å². The van der Waals surface area contributed by atoms with Gasteiger partial charge in [0.1, 0.15) is 6.04 Å².